The predicted molar refractivity (Wildman–Crippen MR) is 88.4 cm³/mol. The number of para-hydroxylation sites is 1. The van der Waals surface area contributed by atoms with Crippen molar-refractivity contribution in [2.75, 3.05) is 13.1 Å². The van der Waals surface area contributed by atoms with Gasteiger partial charge in [-0.2, -0.15) is 0 Å². The van der Waals surface area contributed by atoms with Crippen LogP contribution in [0.15, 0.2) is 24.3 Å². The fourth-order valence-electron chi connectivity index (χ4n) is 3.37. The molecule has 2 amide bonds. The number of hydrogen-bond acceptors (Lipinski definition) is 3. The second-order valence-electron chi connectivity index (χ2n) is 6.53. The van der Waals surface area contributed by atoms with Gasteiger partial charge in [0.2, 0.25) is 0 Å². The first-order valence-electron chi connectivity index (χ1n) is 8.68. The maximum absolute atomic E-state index is 12.2. The number of rotatable bonds is 4. The molecule has 23 heavy (non-hydrogen) atoms. The molecule has 1 aromatic carbocycles. The van der Waals surface area contributed by atoms with E-state index in [9.17, 15) is 9.90 Å². The van der Waals surface area contributed by atoms with Crippen molar-refractivity contribution < 1.29 is 14.6 Å². The highest BCUT2D eigenvalue weighted by molar-refractivity contribution is 5.74. The molecule has 2 aliphatic rings. The molecule has 5 heteroatoms. The Morgan fingerprint density at radius 1 is 1.22 bits per heavy atom. The largest absolute Gasteiger partial charge is 0.490 e. The number of aliphatic hydroxyl groups excluding tert-OH is 1. The van der Waals surface area contributed by atoms with Crippen molar-refractivity contribution in [3.8, 4) is 5.75 Å². The molecule has 0 spiro atoms. The van der Waals surface area contributed by atoms with E-state index < -0.39 is 6.10 Å². The molecule has 126 valence electrons. The van der Waals surface area contributed by atoms with Crippen LogP contribution in [-0.2, 0) is 6.54 Å². The number of aliphatic hydroxyl groups is 1. The quantitative estimate of drug-likeness (QED) is 0.897. The zero-order chi connectivity index (χ0) is 16.1. The van der Waals surface area contributed by atoms with Gasteiger partial charge in [0.05, 0.1) is 12.2 Å². The Kier molecular flexibility index (Phi) is 5.39. The molecule has 1 saturated heterocycles. The summed E-state index contributed by atoms with van der Waals surface area (Å²) < 4.78 is 6.10. The number of likely N-dealkylation sites (tertiary alicyclic amines) is 1. The number of piperidine rings is 1. The molecule has 2 fully saturated rings. The monoisotopic (exact) mass is 318 g/mol. The summed E-state index contributed by atoms with van der Waals surface area (Å²) >= 11 is 0. The van der Waals surface area contributed by atoms with Crippen molar-refractivity contribution in [3.05, 3.63) is 29.8 Å². The van der Waals surface area contributed by atoms with Crippen LogP contribution >= 0.6 is 0 Å². The van der Waals surface area contributed by atoms with Crippen LogP contribution in [0.3, 0.4) is 0 Å². The number of β-amino-alcohol motifs (C(OH)–C–C–N with tert-alkyl or cyclic N) is 1. The maximum atomic E-state index is 12.2. The van der Waals surface area contributed by atoms with Crippen LogP contribution in [0.25, 0.3) is 0 Å². The molecule has 2 N–H and O–H groups in total. The topological polar surface area (TPSA) is 61.8 Å². The van der Waals surface area contributed by atoms with E-state index in [-0.39, 0.29) is 6.03 Å². The average Bonchev–Trinajstić information content (AvgIpc) is 3.07. The van der Waals surface area contributed by atoms with Gasteiger partial charge in [0.25, 0.3) is 0 Å². The third kappa shape index (κ3) is 4.38. The van der Waals surface area contributed by atoms with Crippen molar-refractivity contribution in [3.63, 3.8) is 0 Å². The number of hydrogen-bond donors (Lipinski definition) is 2. The van der Waals surface area contributed by atoms with Gasteiger partial charge in [-0.05, 0) is 44.6 Å². The molecule has 1 atom stereocenters. The molecule has 0 radical (unpaired) electrons. The van der Waals surface area contributed by atoms with Gasteiger partial charge in [-0.15, -0.1) is 0 Å². The van der Waals surface area contributed by atoms with Crippen molar-refractivity contribution in [1.82, 2.24) is 10.2 Å². The van der Waals surface area contributed by atoms with Crippen molar-refractivity contribution in [2.24, 2.45) is 0 Å². The second kappa shape index (κ2) is 7.68. The number of nitrogens with zero attached hydrogens (tertiary/aromatic N) is 1. The summed E-state index contributed by atoms with van der Waals surface area (Å²) in [6.45, 7) is 1.59. The molecular formula is C18H26N2O3. The van der Waals surface area contributed by atoms with Crippen LogP contribution < -0.4 is 10.1 Å². The number of nitrogens with one attached hydrogen (secondary N) is 1. The Balaban J connectivity index is 1.56. The minimum Gasteiger partial charge on any atom is -0.490 e. The van der Waals surface area contributed by atoms with Gasteiger partial charge in [0, 0.05) is 25.2 Å². The highest BCUT2D eigenvalue weighted by atomic mass is 16.5. The van der Waals surface area contributed by atoms with Gasteiger partial charge in [-0.3, -0.25) is 0 Å². The highest BCUT2D eigenvalue weighted by Gasteiger charge is 2.22. The zero-order valence-corrected chi connectivity index (χ0v) is 13.5. The lowest BCUT2D eigenvalue weighted by atomic mass is 10.1. The average molecular weight is 318 g/mol. The normalized spacial score (nSPS) is 22.1. The highest BCUT2D eigenvalue weighted by Crippen LogP contribution is 2.26. The van der Waals surface area contributed by atoms with Gasteiger partial charge >= 0.3 is 6.03 Å². The molecule has 1 aliphatic heterocycles. The number of amides is 2. The summed E-state index contributed by atoms with van der Waals surface area (Å²) in [6.07, 6.45) is 6.26. The third-order valence-electron chi connectivity index (χ3n) is 4.68. The van der Waals surface area contributed by atoms with Crippen LogP contribution in [0.2, 0.25) is 0 Å². The molecule has 5 nitrogen and oxygen atoms in total. The smallest absolute Gasteiger partial charge is 0.317 e. The predicted octanol–water partition coefficient (Wildman–Crippen LogP) is 2.67. The number of ether oxygens (including phenoxy) is 1. The Morgan fingerprint density at radius 3 is 2.78 bits per heavy atom. The number of carbonyl (C=O) groups is 1. The number of benzene rings is 1. The lowest BCUT2D eigenvalue weighted by Crippen LogP contribution is -2.46. The van der Waals surface area contributed by atoms with Gasteiger partial charge in [0.1, 0.15) is 5.75 Å². The molecule has 1 aliphatic carbocycles. The van der Waals surface area contributed by atoms with Gasteiger partial charge < -0.3 is 20.1 Å². The molecule has 3 rings (SSSR count). The Morgan fingerprint density at radius 2 is 2.00 bits per heavy atom. The summed E-state index contributed by atoms with van der Waals surface area (Å²) in [5.41, 5.74) is 1.00. The summed E-state index contributed by atoms with van der Waals surface area (Å²) in [5, 5.41) is 12.6. The van der Waals surface area contributed by atoms with E-state index >= 15 is 0 Å². The summed E-state index contributed by atoms with van der Waals surface area (Å²) in [4.78, 5) is 13.9. The molecule has 1 saturated carbocycles. The lowest BCUT2D eigenvalue weighted by Gasteiger charge is -2.30. The van der Waals surface area contributed by atoms with Crippen molar-refractivity contribution in [1.29, 1.82) is 0 Å². The SMILES string of the molecule is O=C(NCc1ccccc1OC1CCCC1)N1CCCC(O)C1. The van der Waals surface area contributed by atoms with Crippen LogP contribution in [0.1, 0.15) is 44.1 Å². The Bertz CT molecular complexity index is 529. The van der Waals surface area contributed by atoms with E-state index in [0.717, 1.165) is 37.0 Å². The van der Waals surface area contributed by atoms with Crippen LogP contribution in [0.5, 0.6) is 5.75 Å². The van der Waals surface area contributed by atoms with E-state index in [2.05, 4.69) is 5.32 Å². The van der Waals surface area contributed by atoms with Crippen molar-refractivity contribution >= 4 is 6.03 Å². The Hall–Kier alpha value is -1.75. The van der Waals surface area contributed by atoms with E-state index in [1.54, 1.807) is 4.90 Å². The standard InChI is InChI=1S/C18H26N2O3/c21-15-7-5-11-20(13-15)18(22)19-12-14-6-1-4-10-17(14)23-16-8-2-3-9-16/h1,4,6,10,15-16,21H,2-3,5,7-9,11-13H2,(H,19,22). The molecule has 0 aromatic heterocycles. The van der Waals surface area contributed by atoms with E-state index in [4.69, 9.17) is 4.74 Å². The second-order valence-corrected chi connectivity index (χ2v) is 6.53. The first kappa shape index (κ1) is 16.1. The van der Waals surface area contributed by atoms with Gasteiger partial charge in [-0.1, -0.05) is 18.2 Å². The minimum atomic E-state index is -0.396. The van der Waals surface area contributed by atoms with Crippen LogP contribution in [0, 0.1) is 0 Å². The fraction of sp³-hybridized carbons (Fsp3) is 0.611. The molecule has 1 unspecified atom stereocenters. The summed E-state index contributed by atoms with van der Waals surface area (Å²) in [7, 11) is 0. The number of carbonyl (C=O) groups excluding carboxylic acids is 1. The third-order valence-corrected chi connectivity index (χ3v) is 4.68. The fourth-order valence-corrected chi connectivity index (χ4v) is 3.37. The zero-order valence-electron chi connectivity index (χ0n) is 13.5. The molecule has 1 aromatic rings. The maximum Gasteiger partial charge on any atom is 0.317 e. The van der Waals surface area contributed by atoms with Crippen molar-refractivity contribution in [2.45, 2.75) is 57.3 Å². The van der Waals surface area contributed by atoms with Crippen LogP contribution in [-0.4, -0.2) is 41.3 Å². The Labute approximate surface area is 137 Å². The first-order valence-corrected chi connectivity index (χ1v) is 8.68. The minimum absolute atomic E-state index is 0.112. The van der Waals surface area contributed by atoms with Gasteiger partial charge in [-0.25, -0.2) is 4.79 Å². The molecule has 1 heterocycles. The van der Waals surface area contributed by atoms with E-state index in [1.165, 1.54) is 12.8 Å². The number of urea groups is 1. The molecular weight excluding hydrogens is 292 g/mol. The summed E-state index contributed by atoms with van der Waals surface area (Å²) in [5.74, 6) is 0.873. The first-order chi connectivity index (χ1) is 11.2. The van der Waals surface area contributed by atoms with Gasteiger partial charge in [0.15, 0.2) is 0 Å². The lowest BCUT2D eigenvalue weighted by molar-refractivity contribution is 0.0841. The van der Waals surface area contributed by atoms with Crippen LogP contribution in [0.4, 0.5) is 4.79 Å². The summed E-state index contributed by atoms with van der Waals surface area (Å²) in [6, 6.07) is 7.80. The van der Waals surface area contributed by atoms with E-state index in [0.29, 0.717) is 25.7 Å². The molecule has 0 bridgehead atoms. The van der Waals surface area contributed by atoms with E-state index in [1.807, 2.05) is 24.3 Å².